The van der Waals surface area contributed by atoms with Crippen LogP contribution in [-0.4, -0.2) is 30.9 Å². The number of carbonyl (C=O) groups is 1. The van der Waals surface area contributed by atoms with Gasteiger partial charge in [-0.1, -0.05) is 29.5 Å². The zero-order valence-corrected chi connectivity index (χ0v) is 20.4. The lowest BCUT2D eigenvalue weighted by atomic mass is 10.0. The van der Waals surface area contributed by atoms with Gasteiger partial charge in [-0.05, 0) is 44.4 Å². The number of esters is 1. The minimum Gasteiger partial charge on any atom is -0.493 e. The summed E-state index contributed by atoms with van der Waals surface area (Å²) in [5.41, 5.74) is 1.44. The molecule has 172 valence electrons. The highest BCUT2D eigenvalue weighted by molar-refractivity contribution is 7.10. The van der Waals surface area contributed by atoms with E-state index in [2.05, 4.69) is 4.99 Å². The summed E-state index contributed by atoms with van der Waals surface area (Å²) >= 11 is 2.76. The van der Waals surface area contributed by atoms with Gasteiger partial charge in [0.2, 0.25) is 0 Å². The highest BCUT2D eigenvalue weighted by Crippen LogP contribution is 2.34. The highest BCUT2D eigenvalue weighted by Gasteiger charge is 2.33. The van der Waals surface area contributed by atoms with Gasteiger partial charge in [0.15, 0.2) is 16.3 Å². The monoisotopic (exact) mass is 484 g/mol. The van der Waals surface area contributed by atoms with E-state index in [1.807, 2.05) is 42.6 Å². The standard InChI is InChI=1S/C24H24N2O5S2/c1-5-30-21-15(9-7-10-16(21)29-4)13-18-22(27)26-20(17-11-8-12-32-17)19(23(28)31-6-2)14(3)25-24(26)33-18/h7-13,20H,5-6H2,1-4H3/b18-13-/t20-/m1/s1. The van der Waals surface area contributed by atoms with Gasteiger partial charge in [-0.15, -0.1) is 11.3 Å². The van der Waals surface area contributed by atoms with E-state index in [0.29, 0.717) is 38.7 Å². The first-order valence-corrected chi connectivity index (χ1v) is 12.2. The van der Waals surface area contributed by atoms with Gasteiger partial charge in [0.05, 0.1) is 36.1 Å². The van der Waals surface area contributed by atoms with Crippen molar-refractivity contribution < 1.29 is 19.0 Å². The Balaban J connectivity index is 1.94. The van der Waals surface area contributed by atoms with Gasteiger partial charge in [-0.25, -0.2) is 9.79 Å². The lowest BCUT2D eigenvalue weighted by Gasteiger charge is -2.23. The van der Waals surface area contributed by atoms with E-state index in [9.17, 15) is 9.59 Å². The number of thiazole rings is 1. The number of nitrogens with zero attached hydrogens (tertiary/aromatic N) is 2. The van der Waals surface area contributed by atoms with E-state index in [4.69, 9.17) is 14.2 Å². The number of benzene rings is 1. The van der Waals surface area contributed by atoms with Crippen LogP contribution >= 0.6 is 22.7 Å². The van der Waals surface area contributed by atoms with Crippen LogP contribution in [0.25, 0.3) is 6.08 Å². The molecular weight excluding hydrogens is 460 g/mol. The minimum atomic E-state index is -0.584. The number of carbonyl (C=O) groups excluding carboxylic acids is 1. The Bertz CT molecular complexity index is 1380. The fraction of sp³-hybridized carbons (Fsp3) is 0.292. The molecule has 0 N–H and O–H groups in total. The summed E-state index contributed by atoms with van der Waals surface area (Å²) in [4.78, 5) is 32.5. The summed E-state index contributed by atoms with van der Waals surface area (Å²) < 4.78 is 18.6. The van der Waals surface area contributed by atoms with E-state index in [0.717, 1.165) is 10.4 Å². The predicted octanol–water partition coefficient (Wildman–Crippen LogP) is 3.27. The number of hydrogen-bond acceptors (Lipinski definition) is 8. The van der Waals surface area contributed by atoms with Crippen LogP contribution in [0.15, 0.2) is 56.8 Å². The lowest BCUT2D eigenvalue weighted by molar-refractivity contribution is -0.139. The van der Waals surface area contributed by atoms with Crippen LogP contribution in [0.4, 0.5) is 0 Å². The molecule has 33 heavy (non-hydrogen) atoms. The van der Waals surface area contributed by atoms with Crippen LogP contribution in [0.2, 0.25) is 0 Å². The van der Waals surface area contributed by atoms with Gasteiger partial charge >= 0.3 is 5.97 Å². The summed E-state index contributed by atoms with van der Waals surface area (Å²) in [5.74, 6) is 0.708. The molecule has 0 radical (unpaired) electrons. The Morgan fingerprint density at radius 2 is 2.03 bits per heavy atom. The van der Waals surface area contributed by atoms with Crippen LogP contribution in [0.3, 0.4) is 0 Å². The topological polar surface area (TPSA) is 79.1 Å². The molecule has 0 unspecified atom stereocenters. The number of hydrogen-bond donors (Lipinski definition) is 0. The van der Waals surface area contributed by atoms with Gasteiger partial charge in [0.1, 0.15) is 6.04 Å². The van der Waals surface area contributed by atoms with Gasteiger partial charge in [0.25, 0.3) is 5.56 Å². The Kier molecular flexibility index (Phi) is 6.80. The third-order valence-corrected chi connectivity index (χ3v) is 7.04. The number of methoxy groups -OCH3 is 1. The average molecular weight is 485 g/mol. The Hall–Kier alpha value is -3.17. The highest BCUT2D eigenvalue weighted by atomic mass is 32.1. The van der Waals surface area contributed by atoms with E-state index >= 15 is 0 Å². The minimum absolute atomic E-state index is 0.225. The van der Waals surface area contributed by atoms with Crippen LogP contribution < -0.4 is 24.4 Å². The predicted molar refractivity (Wildman–Crippen MR) is 129 cm³/mol. The number of para-hydroxylation sites is 1. The molecule has 2 aromatic heterocycles. The zero-order valence-electron chi connectivity index (χ0n) is 18.8. The van der Waals surface area contributed by atoms with Crippen molar-refractivity contribution in [2.75, 3.05) is 20.3 Å². The van der Waals surface area contributed by atoms with Crippen molar-refractivity contribution in [3.63, 3.8) is 0 Å². The molecule has 0 bridgehead atoms. The first kappa shape index (κ1) is 23.0. The smallest absolute Gasteiger partial charge is 0.338 e. The molecule has 1 aromatic carbocycles. The number of ether oxygens (including phenoxy) is 3. The fourth-order valence-electron chi connectivity index (χ4n) is 3.75. The van der Waals surface area contributed by atoms with Crippen molar-refractivity contribution in [2.24, 2.45) is 4.99 Å². The largest absolute Gasteiger partial charge is 0.493 e. The van der Waals surface area contributed by atoms with Crippen molar-refractivity contribution in [2.45, 2.75) is 26.8 Å². The molecule has 0 amide bonds. The second-order valence-corrected chi connectivity index (χ2v) is 9.12. The molecule has 9 heteroatoms. The number of fused-ring (bicyclic) bond motifs is 1. The van der Waals surface area contributed by atoms with E-state index in [1.54, 1.807) is 31.6 Å². The van der Waals surface area contributed by atoms with Crippen molar-refractivity contribution in [1.82, 2.24) is 4.57 Å². The zero-order chi connectivity index (χ0) is 23.5. The molecule has 4 rings (SSSR count). The molecular formula is C24H24N2O5S2. The summed E-state index contributed by atoms with van der Waals surface area (Å²) in [6.07, 6.45) is 1.78. The number of rotatable bonds is 7. The van der Waals surface area contributed by atoms with Crippen molar-refractivity contribution in [1.29, 1.82) is 0 Å². The van der Waals surface area contributed by atoms with Crippen molar-refractivity contribution in [3.05, 3.63) is 77.1 Å². The molecule has 0 saturated heterocycles. The summed E-state index contributed by atoms with van der Waals surface area (Å²) in [6, 6.07) is 8.77. The molecule has 0 saturated carbocycles. The van der Waals surface area contributed by atoms with Crippen LogP contribution in [-0.2, 0) is 9.53 Å². The Morgan fingerprint density at radius 1 is 1.21 bits per heavy atom. The normalized spacial score (nSPS) is 15.8. The summed E-state index contributed by atoms with van der Waals surface area (Å²) in [7, 11) is 1.58. The number of allylic oxidation sites excluding steroid dienone is 1. The van der Waals surface area contributed by atoms with Crippen LogP contribution in [0, 0.1) is 0 Å². The molecule has 0 spiro atoms. The molecule has 7 nitrogen and oxygen atoms in total. The van der Waals surface area contributed by atoms with Crippen LogP contribution in [0.5, 0.6) is 11.5 Å². The maximum Gasteiger partial charge on any atom is 0.338 e. The molecule has 3 aromatic rings. The molecule has 0 fully saturated rings. The fourth-order valence-corrected chi connectivity index (χ4v) is 5.62. The van der Waals surface area contributed by atoms with Gasteiger partial charge in [-0.2, -0.15) is 0 Å². The Labute approximate surface area is 198 Å². The SMILES string of the molecule is CCOC(=O)C1=C(C)N=c2s/c(=C\c3cccc(OC)c3OCC)c(=O)n2[C@@H]1c1cccs1. The van der Waals surface area contributed by atoms with Crippen LogP contribution in [0.1, 0.15) is 37.3 Å². The molecule has 0 aliphatic carbocycles. The van der Waals surface area contributed by atoms with Gasteiger partial charge < -0.3 is 14.2 Å². The first-order chi connectivity index (χ1) is 16.0. The molecule has 3 heterocycles. The Morgan fingerprint density at radius 3 is 2.70 bits per heavy atom. The third-order valence-electron chi connectivity index (χ3n) is 5.13. The van der Waals surface area contributed by atoms with Gasteiger partial charge in [0, 0.05) is 10.4 Å². The summed E-state index contributed by atoms with van der Waals surface area (Å²) in [6.45, 7) is 6.13. The summed E-state index contributed by atoms with van der Waals surface area (Å²) in [5, 5.41) is 1.92. The van der Waals surface area contributed by atoms with E-state index in [1.165, 1.54) is 22.7 Å². The second kappa shape index (κ2) is 9.76. The number of thiophene rings is 1. The second-order valence-electron chi connectivity index (χ2n) is 7.13. The van der Waals surface area contributed by atoms with Crippen molar-refractivity contribution in [3.8, 4) is 11.5 Å². The average Bonchev–Trinajstić information content (AvgIpc) is 3.43. The first-order valence-electron chi connectivity index (χ1n) is 10.5. The number of aromatic nitrogens is 1. The van der Waals surface area contributed by atoms with E-state index < -0.39 is 12.0 Å². The molecule has 1 aliphatic heterocycles. The molecule has 1 aliphatic rings. The van der Waals surface area contributed by atoms with Gasteiger partial charge in [-0.3, -0.25) is 9.36 Å². The maximum atomic E-state index is 13.6. The van der Waals surface area contributed by atoms with Crippen molar-refractivity contribution >= 4 is 34.7 Å². The van der Waals surface area contributed by atoms with E-state index in [-0.39, 0.29) is 12.2 Å². The lowest BCUT2D eigenvalue weighted by Crippen LogP contribution is -2.39. The quantitative estimate of drug-likeness (QED) is 0.481. The molecule has 1 atom stereocenters. The maximum absolute atomic E-state index is 13.6. The third kappa shape index (κ3) is 4.26.